The van der Waals surface area contributed by atoms with Crippen LogP contribution in [0.5, 0.6) is 0 Å². The highest BCUT2D eigenvalue weighted by atomic mass is 35.5. The van der Waals surface area contributed by atoms with Gasteiger partial charge in [-0.3, -0.25) is 19.2 Å². The fourth-order valence-electron chi connectivity index (χ4n) is 2.40. The van der Waals surface area contributed by atoms with Crippen molar-refractivity contribution < 1.29 is 14.0 Å². The van der Waals surface area contributed by atoms with E-state index in [2.05, 4.69) is 5.09 Å². The molecule has 1 saturated heterocycles. The van der Waals surface area contributed by atoms with E-state index in [1.165, 1.54) is 12.1 Å². The molecule has 1 aliphatic rings. The molecule has 1 aliphatic heterocycles. The van der Waals surface area contributed by atoms with Gasteiger partial charge in [0.15, 0.2) is 0 Å². The summed E-state index contributed by atoms with van der Waals surface area (Å²) in [5, 5.41) is 13.8. The molecule has 0 bridgehead atoms. The minimum Gasteiger partial charge on any atom is -0.298 e. The minimum absolute atomic E-state index is 0.0159. The number of hydrogen-bond acceptors (Lipinski definition) is 4. The normalized spacial score (nSPS) is 24.7. The molecule has 1 unspecified atom stereocenters. The minimum atomic E-state index is -3.27. The Hall–Kier alpha value is -0.690. The van der Waals surface area contributed by atoms with Crippen molar-refractivity contribution in [2.45, 2.75) is 12.5 Å². The van der Waals surface area contributed by atoms with Crippen LogP contribution in [0.3, 0.4) is 0 Å². The number of hydrogen-bond donors (Lipinski definition) is 1. The average Bonchev–Trinajstić information content (AvgIpc) is 2.55. The van der Waals surface area contributed by atoms with Gasteiger partial charge in [0, 0.05) is 43.5 Å². The Morgan fingerprint density at radius 3 is 2.70 bits per heavy atom. The predicted octanol–water partition coefficient (Wildman–Crippen LogP) is 3.53. The molecule has 0 aliphatic carbocycles. The van der Waals surface area contributed by atoms with E-state index in [0.29, 0.717) is 43.4 Å². The van der Waals surface area contributed by atoms with Crippen molar-refractivity contribution >= 4 is 36.6 Å². The number of rotatable bonds is 7. The summed E-state index contributed by atoms with van der Waals surface area (Å²) in [5.74, 6) is 0.598. The number of nitro groups is 1. The highest BCUT2D eigenvalue weighted by Crippen LogP contribution is 2.53. The van der Waals surface area contributed by atoms with Crippen LogP contribution in [0.25, 0.3) is 0 Å². The van der Waals surface area contributed by atoms with Crippen LogP contribution in [0.2, 0.25) is 0 Å². The zero-order valence-electron chi connectivity index (χ0n) is 12.4. The van der Waals surface area contributed by atoms with Crippen LogP contribution < -0.4 is 5.09 Å². The first-order chi connectivity index (χ1) is 11.0. The predicted molar refractivity (Wildman–Crippen MR) is 90.2 cm³/mol. The van der Waals surface area contributed by atoms with Gasteiger partial charge in [-0.25, -0.2) is 9.76 Å². The van der Waals surface area contributed by atoms with Crippen LogP contribution in [0.4, 0.5) is 5.69 Å². The van der Waals surface area contributed by atoms with Gasteiger partial charge in [-0.05, 0) is 12.0 Å². The lowest BCUT2D eigenvalue weighted by Gasteiger charge is -2.37. The van der Waals surface area contributed by atoms with Crippen LogP contribution in [-0.2, 0) is 9.09 Å². The van der Waals surface area contributed by atoms with Gasteiger partial charge in [0.2, 0.25) is 0 Å². The largest absolute Gasteiger partial charge is 0.344 e. The molecule has 1 aromatic rings. The number of nitro benzene ring substituents is 1. The van der Waals surface area contributed by atoms with E-state index in [1.54, 1.807) is 16.8 Å². The topological polar surface area (TPSA) is 84.7 Å². The molecule has 2 atom stereocenters. The summed E-state index contributed by atoms with van der Waals surface area (Å²) in [5.41, 5.74) is 0.621. The number of benzene rings is 1. The molecule has 0 saturated carbocycles. The van der Waals surface area contributed by atoms with E-state index in [1.807, 2.05) is 0 Å². The monoisotopic (exact) mass is 381 g/mol. The molecule has 7 nitrogen and oxygen atoms in total. The third-order valence-electron chi connectivity index (χ3n) is 3.50. The molecule has 1 aromatic carbocycles. The average molecular weight is 382 g/mol. The lowest BCUT2D eigenvalue weighted by molar-refractivity contribution is -0.385. The summed E-state index contributed by atoms with van der Waals surface area (Å²) in [6, 6.07) is 6.20. The lowest BCUT2D eigenvalue weighted by atomic mass is 10.1. The number of nitrogens with zero attached hydrogens (tertiary/aromatic N) is 2. The van der Waals surface area contributed by atoms with E-state index in [-0.39, 0.29) is 5.69 Å². The standard InChI is InChI=1S/C13H18Cl2N3O4P/c14-5-8-17(9-6-15)23(21)16-7-4-13(22-23)11-2-1-3-12(10-11)18(19)20/h1-3,10,13H,4-9H2,(H,16,21)/t13-,23?/m0/s1. The summed E-state index contributed by atoms with van der Waals surface area (Å²) in [7, 11) is -3.27. The van der Waals surface area contributed by atoms with Gasteiger partial charge >= 0.3 is 7.67 Å². The van der Waals surface area contributed by atoms with Crippen molar-refractivity contribution in [2.75, 3.05) is 31.4 Å². The maximum Gasteiger partial charge on any atom is 0.344 e. The second kappa shape index (κ2) is 8.42. The van der Waals surface area contributed by atoms with Gasteiger partial charge in [0.25, 0.3) is 5.69 Å². The van der Waals surface area contributed by atoms with Crippen LogP contribution in [-0.4, -0.2) is 41.0 Å². The van der Waals surface area contributed by atoms with E-state index >= 15 is 0 Å². The third kappa shape index (κ3) is 4.66. The SMILES string of the molecule is O=[N+]([O-])c1cccc([C@@H]2CCNP(=O)(N(CCCl)CCCl)O2)c1. The molecular formula is C13H18Cl2N3O4P. The summed E-state index contributed by atoms with van der Waals surface area (Å²) in [4.78, 5) is 10.4. The molecular weight excluding hydrogens is 364 g/mol. The molecule has 23 heavy (non-hydrogen) atoms. The van der Waals surface area contributed by atoms with Gasteiger partial charge in [-0.1, -0.05) is 12.1 Å². The molecule has 1 heterocycles. The van der Waals surface area contributed by atoms with Crippen LogP contribution in [0.1, 0.15) is 18.1 Å². The Labute approximate surface area is 144 Å². The molecule has 2 rings (SSSR count). The molecule has 0 aromatic heterocycles. The zero-order valence-corrected chi connectivity index (χ0v) is 14.8. The Kier molecular flexibility index (Phi) is 6.83. The van der Waals surface area contributed by atoms with Crippen LogP contribution >= 0.6 is 30.9 Å². The summed E-state index contributed by atoms with van der Waals surface area (Å²) < 4.78 is 20.5. The summed E-state index contributed by atoms with van der Waals surface area (Å²) in [6.45, 7) is 1.23. The molecule has 0 spiro atoms. The summed E-state index contributed by atoms with van der Waals surface area (Å²) in [6.07, 6.45) is 0.0935. The van der Waals surface area contributed by atoms with E-state index in [9.17, 15) is 14.7 Å². The maximum absolute atomic E-state index is 13.1. The Bertz CT molecular complexity index is 598. The number of alkyl halides is 2. The van der Waals surface area contributed by atoms with Crippen molar-refractivity contribution in [3.63, 3.8) is 0 Å². The molecule has 10 heteroatoms. The Morgan fingerprint density at radius 2 is 2.09 bits per heavy atom. The first kappa shape index (κ1) is 18.6. The first-order valence-corrected chi connectivity index (χ1v) is 9.80. The highest BCUT2D eigenvalue weighted by Gasteiger charge is 2.38. The van der Waals surface area contributed by atoms with Gasteiger partial charge < -0.3 is 0 Å². The van der Waals surface area contributed by atoms with Crippen LogP contribution in [0.15, 0.2) is 24.3 Å². The quantitative estimate of drug-likeness (QED) is 0.336. The summed E-state index contributed by atoms with van der Waals surface area (Å²) >= 11 is 11.5. The fraction of sp³-hybridized carbons (Fsp3) is 0.538. The number of halogens is 2. The lowest BCUT2D eigenvalue weighted by Crippen LogP contribution is -2.36. The van der Waals surface area contributed by atoms with Gasteiger partial charge in [0.05, 0.1) is 11.0 Å². The van der Waals surface area contributed by atoms with Gasteiger partial charge in [0.1, 0.15) is 0 Å². The molecule has 128 valence electrons. The highest BCUT2D eigenvalue weighted by molar-refractivity contribution is 7.54. The maximum atomic E-state index is 13.1. The fourth-order valence-corrected chi connectivity index (χ4v) is 5.16. The van der Waals surface area contributed by atoms with Crippen LogP contribution in [0, 0.1) is 10.1 Å². The molecule has 0 radical (unpaired) electrons. The first-order valence-electron chi connectivity index (χ1n) is 7.15. The number of nitrogens with one attached hydrogen (secondary N) is 1. The van der Waals surface area contributed by atoms with Crippen molar-refractivity contribution in [1.82, 2.24) is 9.76 Å². The zero-order chi connectivity index (χ0) is 16.9. The van der Waals surface area contributed by atoms with E-state index in [4.69, 9.17) is 27.7 Å². The molecule has 1 fully saturated rings. The molecule has 1 N–H and O–H groups in total. The van der Waals surface area contributed by atoms with Crippen molar-refractivity contribution in [3.8, 4) is 0 Å². The van der Waals surface area contributed by atoms with Crippen molar-refractivity contribution in [1.29, 1.82) is 0 Å². The Morgan fingerprint density at radius 1 is 1.39 bits per heavy atom. The second-order valence-electron chi connectivity index (χ2n) is 4.99. The second-order valence-corrected chi connectivity index (χ2v) is 7.88. The van der Waals surface area contributed by atoms with Gasteiger partial charge in [-0.15, -0.1) is 23.2 Å². The number of non-ortho nitro benzene ring substituents is 1. The smallest absolute Gasteiger partial charge is 0.298 e. The van der Waals surface area contributed by atoms with E-state index in [0.717, 1.165) is 0 Å². The molecule has 0 amide bonds. The third-order valence-corrected chi connectivity index (χ3v) is 6.14. The van der Waals surface area contributed by atoms with Gasteiger partial charge in [-0.2, -0.15) is 0 Å². The van der Waals surface area contributed by atoms with Crippen molar-refractivity contribution in [2.24, 2.45) is 0 Å². The van der Waals surface area contributed by atoms with Crippen molar-refractivity contribution in [3.05, 3.63) is 39.9 Å². The van der Waals surface area contributed by atoms with E-state index < -0.39 is 18.7 Å². The Balaban J connectivity index is 2.21.